The van der Waals surface area contributed by atoms with E-state index in [9.17, 15) is 0 Å². The minimum atomic E-state index is 0.274. The van der Waals surface area contributed by atoms with Crippen LogP contribution in [0, 0.1) is 5.92 Å². The van der Waals surface area contributed by atoms with Crippen LogP contribution in [-0.4, -0.2) is 34.2 Å². The third-order valence-corrected chi connectivity index (χ3v) is 2.96. The maximum absolute atomic E-state index is 5.70. The molecular formula is C10H16N4O. The summed E-state index contributed by atoms with van der Waals surface area (Å²) in [6.07, 6.45) is 5.92. The first-order chi connectivity index (χ1) is 7.40. The van der Waals surface area contributed by atoms with E-state index >= 15 is 0 Å². The molecule has 1 aromatic heterocycles. The van der Waals surface area contributed by atoms with Crippen molar-refractivity contribution >= 4 is 0 Å². The Balaban J connectivity index is 1.57. The molecule has 5 heteroatoms. The van der Waals surface area contributed by atoms with Gasteiger partial charge in [-0.2, -0.15) is 0 Å². The number of nitrogens with one attached hydrogen (secondary N) is 1. The Kier molecular flexibility index (Phi) is 2.32. The van der Waals surface area contributed by atoms with Gasteiger partial charge in [-0.3, -0.25) is 0 Å². The van der Waals surface area contributed by atoms with E-state index in [2.05, 4.69) is 15.6 Å². The molecule has 5 nitrogen and oxygen atoms in total. The summed E-state index contributed by atoms with van der Waals surface area (Å²) in [7, 11) is 0. The van der Waals surface area contributed by atoms with Gasteiger partial charge in [0.1, 0.15) is 6.10 Å². The molecule has 0 radical (unpaired) electrons. The lowest BCUT2D eigenvalue weighted by Crippen LogP contribution is -2.19. The fourth-order valence-corrected chi connectivity index (χ4v) is 1.89. The molecule has 0 amide bonds. The van der Waals surface area contributed by atoms with Crippen LogP contribution in [0.3, 0.4) is 0 Å². The quantitative estimate of drug-likeness (QED) is 0.779. The van der Waals surface area contributed by atoms with Crippen molar-refractivity contribution in [2.45, 2.75) is 31.9 Å². The highest BCUT2D eigenvalue weighted by Crippen LogP contribution is 2.30. The first-order valence-corrected chi connectivity index (χ1v) is 5.67. The van der Waals surface area contributed by atoms with E-state index in [0.717, 1.165) is 32.0 Å². The number of aromatic nitrogens is 3. The zero-order chi connectivity index (χ0) is 10.1. The van der Waals surface area contributed by atoms with Crippen molar-refractivity contribution in [2.24, 2.45) is 5.92 Å². The molecule has 2 heterocycles. The number of nitrogens with zero attached hydrogens (tertiary/aromatic N) is 3. The normalized spacial score (nSPS) is 25.7. The Bertz CT molecular complexity index is 328. The minimum Gasteiger partial charge on any atom is -0.471 e. The number of hydrogen-bond acceptors (Lipinski definition) is 4. The molecule has 0 aromatic carbocycles. The first-order valence-electron chi connectivity index (χ1n) is 5.67. The molecule has 1 unspecified atom stereocenters. The summed E-state index contributed by atoms with van der Waals surface area (Å²) in [6, 6.07) is 0. The van der Waals surface area contributed by atoms with Gasteiger partial charge in [0.25, 0.3) is 5.88 Å². The van der Waals surface area contributed by atoms with Crippen LogP contribution in [0.4, 0.5) is 0 Å². The molecule has 15 heavy (non-hydrogen) atoms. The molecule has 2 fully saturated rings. The average Bonchev–Trinajstić information content (AvgIpc) is 2.74. The fraction of sp³-hybridized carbons (Fsp3) is 0.800. The standard InChI is InChI=1S/C10H16N4O/c1-2-8(1)6-14-7-10(12-13-14)15-9-3-4-11-5-9/h7-9,11H,1-6H2. The Labute approximate surface area is 88.8 Å². The smallest absolute Gasteiger partial charge is 0.253 e. The molecule has 1 aliphatic carbocycles. The van der Waals surface area contributed by atoms with Crippen LogP contribution in [-0.2, 0) is 6.54 Å². The first kappa shape index (κ1) is 9.15. The van der Waals surface area contributed by atoms with Crippen LogP contribution in [0.1, 0.15) is 19.3 Å². The van der Waals surface area contributed by atoms with Gasteiger partial charge in [-0.15, -0.1) is 0 Å². The van der Waals surface area contributed by atoms with Crippen molar-refractivity contribution < 1.29 is 4.74 Å². The van der Waals surface area contributed by atoms with Crippen LogP contribution >= 0.6 is 0 Å². The second-order valence-electron chi connectivity index (χ2n) is 4.45. The van der Waals surface area contributed by atoms with Gasteiger partial charge in [0.15, 0.2) is 0 Å². The molecule has 1 saturated heterocycles. The van der Waals surface area contributed by atoms with Crippen molar-refractivity contribution in [1.29, 1.82) is 0 Å². The monoisotopic (exact) mass is 208 g/mol. The summed E-state index contributed by atoms with van der Waals surface area (Å²) in [5.74, 6) is 1.50. The van der Waals surface area contributed by atoms with Crippen LogP contribution < -0.4 is 10.1 Å². The van der Waals surface area contributed by atoms with E-state index in [-0.39, 0.29) is 6.10 Å². The van der Waals surface area contributed by atoms with Crippen LogP contribution in [0.25, 0.3) is 0 Å². The highest BCUT2D eigenvalue weighted by molar-refractivity contribution is 5.01. The lowest BCUT2D eigenvalue weighted by Gasteiger charge is -2.07. The van der Waals surface area contributed by atoms with Gasteiger partial charge in [-0.25, -0.2) is 4.68 Å². The molecule has 1 aliphatic heterocycles. The predicted octanol–water partition coefficient (Wildman–Crippen LogP) is 0.429. The van der Waals surface area contributed by atoms with Gasteiger partial charge >= 0.3 is 0 Å². The van der Waals surface area contributed by atoms with Crippen molar-refractivity contribution in [3.05, 3.63) is 6.20 Å². The summed E-state index contributed by atoms with van der Waals surface area (Å²) in [5.41, 5.74) is 0. The van der Waals surface area contributed by atoms with Crippen LogP contribution in [0.2, 0.25) is 0 Å². The summed E-state index contributed by atoms with van der Waals surface area (Å²) < 4.78 is 7.60. The van der Waals surface area contributed by atoms with Crippen LogP contribution in [0.5, 0.6) is 5.88 Å². The van der Waals surface area contributed by atoms with Crippen molar-refractivity contribution in [2.75, 3.05) is 13.1 Å². The van der Waals surface area contributed by atoms with Crippen molar-refractivity contribution in [3.8, 4) is 5.88 Å². The Morgan fingerprint density at radius 3 is 3.13 bits per heavy atom. The summed E-state index contributed by atoms with van der Waals surface area (Å²) in [6.45, 7) is 2.97. The minimum absolute atomic E-state index is 0.274. The van der Waals surface area contributed by atoms with Gasteiger partial charge < -0.3 is 10.1 Å². The van der Waals surface area contributed by atoms with Gasteiger partial charge in [0, 0.05) is 13.1 Å². The van der Waals surface area contributed by atoms with Crippen molar-refractivity contribution in [1.82, 2.24) is 20.3 Å². The zero-order valence-corrected chi connectivity index (χ0v) is 8.72. The van der Waals surface area contributed by atoms with E-state index in [0.29, 0.717) is 5.88 Å². The molecule has 1 saturated carbocycles. The Morgan fingerprint density at radius 1 is 1.47 bits per heavy atom. The summed E-state index contributed by atoms with van der Waals surface area (Å²) >= 11 is 0. The maximum Gasteiger partial charge on any atom is 0.253 e. The number of hydrogen-bond donors (Lipinski definition) is 1. The number of ether oxygens (including phenoxy) is 1. The van der Waals surface area contributed by atoms with Crippen LogP contribution in [0.15, 0.2) is 6.20 Å². The van der Waals surface area contributed by atoms with E-state index in [1.807, 2.05) is 10.9 Å². The lowest BCUT2D eigenvalue weighted by atomic mass is 10.3. The molecule has 0 spiro atoms. The van der Waals surface area contributed by atoms with Gasteiger partial charge in [0.2, 0.25) is 0 Å². The van der Waals surface area contributed by atoms with Crippen molar-refractivity contribution in [3.63, 3.8) is 0 Å². The SMILES string of the molecule is c1c(OC2CCNC2)nnn1CC1CC1. The van der Waals surface area contributed by atoms with Gasteiger partial charge in [-0.05, 0) is 31.7 Å². The van der Waals surface area contributed by atoms with E-state index in [1.54, 1.807) is 0 Å². The second kappa shape index (κ2) is 3.81. The van der Waals surface area contributed by atoms with E-state index in [1.165, 1.54) is 12.8 Å². The third-order valence-electron chi connectivity index (χ3n) is 2.96. The topological polar surface area (TPSA) is 52.0 Å². The lowest BCUT2D eigenvalue weighted by molar-refractivity contribution is 0.213. The largest absolute Gasteiger partial charge is 0.471 e. The van der Waals surface area contributed by atoms with Gasteiger partial charge in [0.05, 0.1) is 6.20 Å². The number of rotatable bonds is 4. The maximum atomic E-state index is 5.70. The average molecular weight is 208 g/mol. The molecule has 1 atom stereocenters. The van der Waals surface area contributed by atoms with E-state index < -0.39 is 0 Å². The molecule has 82 valence electrons. The summed E-state index contributed by atoms with van der Waals surface area (Å²) in [4.78, 5) is 0. The molecule has 1 aromatic rings. The second-order valence-corrected chi connectivity index (χ2v) is 4.45. The Morgan fingerprint density at radius 2 is 2.40 bits per heavy atom. The molecular weight excluding hydrogens is 192 g/mol. The highest BCUT2D eigenvalue weighted by atomic mass is 16.5. The molecule has 0 bridgehead atoms. The van der Waals surface area contributed by atoms with E-state index in [4.69, 9.17) is 4.74 Å². The zero-order valence-electron chi connectivity index (χ0n) is 8.72. The molecule has 1 N–H and O–H groups in total. The summed E-state index contributed by atoms with van der Waals surface area (Å²) in [5, 5.41) is 11.3. The third kappa shape index (κ3) is 2.28. The Hall–Kier alpha value is -1.10. The molecule has 3 rings (SSSR count). The van der Waals surface area contributed by atoms with Gasteiger partial charge in [-0.1, -0.05) is 10.3 Å². The highest BCUT2D eigenvalue weighted by Gasteiger charge is 2.23. The molecule has 2 aliphatic rings. The fourth-order valence-electron chi connectivity index (χ4n) is 1.89. The predicted molar refractivity (Wildman–Crippen MR) is 54.6 cm³/mol.